The number of rotatable bonds is 6. The molecule has 1 aliphatic heterocycles. The summed E-state index contributed by atoms with van der Waals surface area (Å²) in [5, 5.41) is 8.98. The molecule has 1 saturated heterocycles. The van der Waals surface area contributed by atoms with Gasteiger partial charge in [-0.25, -0.2) is 4.79 Å². The third-order valence-electron chi connectivity index (χ3n) is 4.79. The van der Waals surface area contributed by atoms with Crippen LogP contribution in [0.2, 0.25) is 0 Å². The highest BCUT2D eigenvalue weighted by atomic mass is 16.5. The minimum Gasteiger partial charge on any atom is -0.462 e. The molecule has 3 N–H and O–H groups in total. The minimum absolute atomic E-state index is 0.0731. The molecule has 0 radical (unpaired) electrons. The molecule has 1 heterocycles. The topological polar surface area (TPSA) is 96.5 Å². The summed E-state index contributed by atoms with van der Waals surface area (Å²) in [6.07, 6.45) is -0.337. The fourth-order valence-electron chi connectivity index (χ4n) is 3.22. The van der Waals surface area contributed by atoms with Gasteiger partial charge in [-0.1, -0.05) is 42.5 Å². The third-order valence-corrected chi connectivity index (χ3v) is 4.79. The van der Waals surface area contributed by atoms with E-state index >= 15 is 0 Å². The van der Waals surface area contributed by atoms with Gasteiger partial charge in [0.15, 0.2) is 0 Å². The SMILES string of the molecule is CCOC(=O)c1ccc([C@@H](C)NC(=O)C2CC(=O)NC(c3ccccc3)N2)cc1. The number of esters is 1. The fourth-order valence-corrected chi connectivity index (χ4v) is 3.22. The zero-order valence-electron chi connectivity index (χ0n) is 16.5. The van der Waals surface area contributed by atoms with Gasteiger partial charge < -0.3 is 15.4 Å². The summed E-state index contributed by atoms with van der Waals surface area (Å²) in [6.45, 7) is 3.93. The van der Waals surface area contributed by atoms with E-state index < -0.39 is 12.2 Å². The van der Waals surface area contributed by atoms with Crippen molar-refractivity contribution in [3.8, 4) is 0 Å². The van der Waals surface area contributed by atoms with Crippen LogP contribution in [-0.2, 0) is 14.3 Å². The predicted molar refractivity (Wildman–Crippen MR) is 108 cm³/mol. The Kier molecular flexibility index (Phi) is 6.61. The zero-order valence-corrected chi connectivity index (χ0v) is 16.5. The van der Waals surface area contributed by atoms with E-state index in [1.165, 1.54) is 0 Å². The van der Waals surface area contributed by atoms with Crippen molar-refractivity contribution in [3.63, 3.8) is 0 Å². The van der Waals surface area contributed by atoms with Crippen molar-refractivity contribution in [3.05, 3.63) is 71.3 Å². The summed E-state index contributed by atoms with van der Waals surface area (Å²) in [4.78, 5) is 36.6. The van der Waals surface area contributed by atoms with Crippen LogP contribution in [0.3, 0.4) is 0 Å². The van der Waals surface area contributed by atoms with Crippen LogP contribution < -0.4 is 16.0 Å². The minimum atomic E-state index is -0.629. The van der Waals surface area contributed by atoms with Crippen LogP contribution in [-0.4, -0.2) is 30.4 Å². The molecule has 0 bridgehead atoms. The number of hydrogen-bond acceptors (Lipinski definition) is 5. The van der Waals surface area contributed by atoms with Gasteiger partial charge in [-0.15, -0.1) is 0 Å². The maximum atomic E-state index is 12.7. The number of ether oxygens (including phenoxy) is 1. The van der Waals surface area contributed by atoms with Crippen molar-refractivity contribution >= 4 is 17.8 Å². The first-order chi connectivity index (χ1) is 14.0. The Hall–Kier alpha value is -3.19. The lowest BCUT2D eigenvalue weighted by molar-refractivity contribution is -0.132. The summed E-state index contributed by atoms with van der Waals surface area (Å²) in [7, 11) is 0. The molecule has 152 valence electrons. The Balaban J connectivity index is 1.62. The van der Waals surface area contributed by atoms with Crippen molar-refractivity contribution in [2.75, 3.05) is 6.61 Å². The smallest absolute Gasteiger partial charge is 0.338 e. The van der Waals surface area contributed by atoms with E-state index in [-0.39, 0.29) is 30.2 Å². The second kappa shape index (κ2) is 9.34. The molecule has 7 nitrogen and oxygen atoms in total. The average Bonchev–Trinajstić information content (AvgIpc) is 2.74. The number of hydrogen-bond donors (Lipinski definition) is 3. The average molecular weight is 395 g/mol. The molecule has 1 fully saturated rings. The van der Waals surface area contributed by atoms with Gasteiger partial charge in [-0.3, -0.25) is 14.9 Å². The van der Waals surface area contributed by atoms with Gasteiger partial charge in [0.05, 0.1) is 30.7 Å². The molecule has 29 heavy (non-hydrogen) atoms. The van der Waals surface area contributed by atoms with E-state index in [4.69, 9.17) is 4.74 Å². The van der Waals surface area contributed by atoms with Crippen LogP contribution in [0.25, 0.3) is 0 Å². The van der Waals surface area contributed by atoms with Crippen LogP contribution in [0, 0.1) is 0 Å². The van der Waals surface area contributed by atoms with E-state index in [1.807, 2.05) is 37.3 Å². The van der Waals surface area contributed by atoms with Gasteiger partial charge in [0, 0.05) is 0 Å². The standard InChI is InChI=1S/C22H25N3O4/c1-3-29-22(28)17-11-9-15(10-12-17)14(2)23-21(27)18-13-19(26)25-20(24-18)16-7-5-4-6-8-16/h4-12,14,18,20,24H,3,13H2,1-2H3,(H,23,27)(H,25,26)/t14-,18?,20?/m1/s1. The largest absolute Gasteiger partial charge is 0.462 e. The summed E-state index contributed by atoms with van der Waals surface area (Å²) < 4.78 is 4.97. The third kappa shape index (κ3) is 5.20. The lowest BCUT2D eigenvalue weighted by Gasteiger charge is -2.31. The Bertz CT molecular complexity index is 867. The molecule has 0 spiro atoms. The quantitative estimate of drug-likeness (QED) is 0.652. The molecule has 2 unspecified atom stereocenters. The Labute approximate surface area is 169 Å². The molecule has 3 atom stereocenters. The number of nitrogens with one attached hydrogen (secondary N) is 3. The van der Waals surface area contributed by atoms with Gasteiger partial charge in [0.25, 0.3) is 0 Å². The van der Waals surface area contributed by atoms with Gasteiger partial charge in [-0.05, 0) is 37.1 Å². The van der Waals surface area contributed by atoms with Crippen LogP contribution in [0.5, 0.6) is 0 Å². The van der Waals surface area contributed by atoms with Crippen LogP contribution in [0.4, 0.5) is 0 Å². The monoisotopic (exact) mass is 395 g/mol. The maximum absolute atomic E-state index is 12.7. The number of carbonyl (C=O) groups is 3. The second-order valence-corrected chi connectivity index (χ2v) is 6.91. The van der Waals surface area contributed by atoms with Crippen LogP contribution in [0.15, 0.2) is 54.6 Å². The van der Waals surface area contributed by atoms with Gasteiger partial charge in [-0.2, -0.15) is 0 Å². The van der Waals surface area contributed by atoms with Crippen LogP contribution >= 0.6 is 0 Å². The Morgan fingerprint density at radius 1 is 1.14 bits per heavy atom. The van der Waals surface area contributed by atoms with Crippen molar-refractivity contribution in [2.45, 2.75) is 38.5 Å². The summed E-state index contributed by atoms with van der Waals surface area (Å²) in [5.74, 6) is -0.799. The summed E-state index contributed by atoms with van der Waals surface area (Å²) in [5.41, 5.74) is 2.21. The molecule has 0 saturated carbocycles. The molecule has 0 aliphatic carbocycles. The highest BCUT2D eigenvalue weighted by Gasteiger charge is 2.31. The number of carbonyl (C=O) groups excluding carboxylic acids is 3. The van der Waals surface area contributed by atoms with Crippen molar-refractivity contribution < 1.29 is 19.1 Å². The van der Waals surface area contributed by atoms with E-state index in [9.17, 15) is 14.4 Å². The molecule has 0 aromatic heterocycles. The van der Waals surface area contributed by atoms with Gasteiger partial charge >= 0.3 is 5.97 Å². The number of benzene rings is 2. The number of amides is 2. The Morgan fingerprint density at radius 3 is 2.48 bits per heavy atom. The highest BCUT2D eigenvalue weighted by Crippen LogP contribution is 2.18. The summed E-state index contributed by atoms with van der Waals surface area (Å²) in [6, 6.07) is 15.5. The summed E-state index contributed by atoms with van der Waals surface area (Å²) >= 11 is 0. The molecular weight excluding hydrogens is 370 g/mol. The second-order valence-electron chi connectivity index (χ2n) is 6.91. The van der Waals surface area contributed by atoms with Crippen molar-refractivity contribution in [1.29, 1.82) is 0 Å². The zero-order chi connectivity index (χ0) is 20.8. The first-order valence-corrected chi connectivity index (χ1v) is 9.65. The fraction of sp³-hybridized carbons (Fsp3) is 0.318. The Morgan fingerprint density at radius 2 is 1.83 bits per heavy atom. The van der Waals surface area contributed by atoms with Crippen molar-refractivity contribution in [1.82, 2.24) is 16.0 Å². The van der Waals surface area contributed by atoms with Crippen molar-refractivity contribution in [2.24, 2.45) is 0 Å². The maximum Gasteiger partial charge on any atom is 0.338 e. The first-order valence-electron chi connectivity index (χ1n) is 9.65. The van der Waals surface area contributed by atoms with E-state index in [0.717, 1.165) is 11.1 Å². The first kappa shape index (κ1) is 20.5. The van der Waals surface area contributed by atoms with Gasteiger partial charge in [0.1, 0.15) is 6.17 Å². The molecule has 2 aromatic rings. The molecular formula is C22H25N3O4. The normalized spacial score (nSPS) is 19.7. The lowest BCUT2D eigenvalue weighted by Crippen LogP contribution is -2.56. The van der Waals surface area contributed by atoms with Gasteiger partial charge in [0.2, 0.25) is 11.8 Å². The van der Waals surface area contributed by atoms with Crippen LogP contribution in [0.1, 0.15) is 54.0 Å². The van der Waals surface area contributed by atoms with E-state index in [2.05, 4.69) is 16.0 Å². The van der Waals surface area contributed by atoms with E-state index in [1.54, 1.807) is 31.2 Å². The molecule has 2 amide bonds. The molecule has 7 heteroatoms. The predicted octanol–water partition coefficient (Wildman–Crippen LogP) is 2.22. The molecule has 3 rings (SSSR count). The lowest BCUT2D eigenvalue weighted by atomic mass is 10.0. The highest BCUT2D eigenvalue weighted by molar-refractivity contribution is 5.90. The molecule has 1 aliphatic rings. The van der Waals surface area contributed by atoms with E-state index in [0.29, 0.717) is 12.2 Å². The molecule has 2 aromatic carbocycles.